The minimum absolute atomic E-state index is 0.0489. The van der Waals surface area contributed by atoms with Gasteiger partial charge in [0, 0.05) is 23.9 Å². The van der Waals surface area contributed by atoms with Crippen LogP contribution in [-0.2, 0) is 10.0 Å². The van der Waals surface area contributed by atoms with Crippen molar-refractivity contribution in [2.45, 2.75) is 4.90 Å². The van der Waals surface area contributed by atoms with Gasteiger partial charge in [0.25, 0.3) is 0 Å². The van der Waals surface area contributed by atoms with E-state index in [1.54, 1.807) is 22.8 Å². The quantitative estimate of drug-likeness (QED) is 0.369. The second-order valence-electron chi connectivity index (χ2n) is 6.39. The van der Waals surface area contributed by atoms with E-state index in [2.05, 4.69) is 36.1 Å². The number of nitrogens with one attached hydrogen (secondary N) is 2. The number of halogens is 1. The second kappa shape index (κ2) is 8.52. The maximum Gasteiger partial charge on any atom is 0.240 e. The van der Waals surface area contributed by atoms with Crippen LogP contribution in [0.5, 0.6) is 0 Å². The zero-order valence-corrected chi connectivity index (χ0v) is 18.1. The van der Waals surface area contributed by atoms with Crippen LogP contribution in [0, 0.1) is 0 Å². The van der Waals surface area contributed by atoms with Gasteiger partial charge in [0.1, 0.15) is 5.82 Å². The van der Waals surface area contributed by atoms with E-state index >= 15 is 0 Å². The Bertz CT molecular complexity index is 1290. The molecule has 0 aliphatic rings. The van der Waals surface area contributed by atoms with Crippen molar-refractivity contribution >= 4 is 43.1 Å². The fraction of sp³-hybridized carbons (Fsp3) is 0.100. The van der Waals surface area contributed by atoms with E-state index in [0.29, 0.717) is 17.2 Å². The first-order valence-electron chi connectivity index (χ1n) is 9.05. The van der Waals surface area contributed by atoms with Crippen molar-refractivity contribution in [2.75, 3.05) is 18.5 Å². The van der Waals surface area contributed by atoms with E-state index in [0.717, 1.165) is 15.7 Å². The van der Waals surface area contributed by atoms with Crippen LogP contribution in [0.3, 0.4) is 0 Å². The number of rotatable bonds is 7. The van der Waals surface area contributed by atoms with Crippen molar-refractivity contribution < 1.29 is 13.5 Å². The number of sulfonamides is 1. The standard InChI is InChI=1S/C20H18BrN5O3S/c21-17-13-22-26-19(12-18(25-20(17)26)14-5-2-1-3-6-14)24-15-7-4-8-16(11-15)30(28,29)23-9-10-27/h1-8,11-13,23-24,27H,9-10H2. The molecule has 0 spiro atoms. The Balaban J connectivity index is 1.75. The van der Waals surface area contributed by atoms with Crippen molar-refractivity contribution in [1.82, 2.24) is 19.3 Å². The molecule has 0 aliphatic heterocycles. The van der Waals surface area contributed by atoms with Crippen LogP contribution >= 0.6 is 15.9 Å². The predicted octanol–water partition coefficient (Wildman–Crippen LogP) is 3.17. The summed E-state index contributed by atoms with van der Waals surface area (Å²) in [5.41, 5.74) is 2.90. The molecule has 2 aromatic carbocycles. The Morgan fingerprint density at radius 3 is 2.63 bits per heavy atom. The van der Waals surface area contributed by atoms with Crippen molar-refractivity contribution in [3.8, 4) is 11.3 Å². The van der Waals surface area contributed by atoms with E-state index in [1.165, 1.54) is 12.1 Å². The molecule has 10 heteroatoms. The first kappa shape index (κ1) is 20.5. The minimum Gasteiger partial charge on any atom is -0.395 e. The third-order valence-corrected chi connectivity index (χ3v) is 6.34. The number of benzene rings is 2. The van der Waals surface area contributed by atoms with E-state index in [-0.39, 0.29) is 18.0 Å². The molecule has 3 N–H and O–H groups in total. The summed E-state index contributed by atoms with van der Waals surface area (Å²) in [6.45, 7) is -0.324. The highest BCUT2D eigenvalue weighted by atomic mass is 79.9. The molecule has 0 amide bonds. The van der Waals surface area contributed by atoms with Crippen LogP contribution in [0.2, 0.25) is 0 Å². The average Bonchev–Trinajstić information content (AvgIpc) is 3.14. The first-order chi connectivity index (χ1) is 14.5. The van der Waals surface area contributed by atoms with E-state index in [9.17, 15) is 8.42 Å². The summed E-state index contributed by atoms with van der Waals surface area (Å²) >= 11 is 3.47. The van der Waals surface area contributed by atoms with Gasteiger partial charge >= 0.3 is 0 Å². The average molecular weight is 488 g/mol. The Hall–Kier alpha value is -2.79. The Morgan fingerprint density at radius 2 is 1.87 bits per heavy atom. The smallest absolute Gasteiger partial charge is 0.240 e. The highest BCUT2D eigenvalue weighted by Crippen LogP contribution is 2.28. The van der Waals surface area contributed by atoms with Crippen molar-refractivity contribution in [1.29, 1.82) is 0 Å². The summed E-state index contributed by atoms with van der Waals surface area (Å²) in [5.74, 6) is 0.627. The lowest BCUT2D eigenvalue weighted by molar-refractivity contribution is 0.301. The van der Waals surface area contributed by atoms with Crippen molar-refractivity contribution in [3.05, 3.63) is 71.3 Å². The largest absolute Gasteiger partial charge is 0.395 e. The van der Waals surface area contributed by atoms with Crippen LogP contribution in [0.1, 0.15) is 0 Å². The number of hydrogen-bond acceptors (Lipinski definition) is 6. The number of nitrogens with zero attached hydrogens (tertiary/aromatic N) is 3. The molecule has 4 aromatic rings. The van der Waals surface area contributed by atoms with Crippen LogP contribution in [0.4, 0.5) is 11.5 Å². The minimum atomic E-state index is -3.72. The maximum atomic E-state index is 12.4. The molecule has 2 aromatic heterocycles. The zero-order chi connectivity index (χ0) is 21.1. The molecule has 2 heterocycles. The topological polar surface area (TPSA) is 109 Å². The Morgan fingerprint density at radius 1 is 1.07 bits per heavy atom. The van der Waals surface area contributed by atoms with Crippen molar-refractivity contribution in [2.24, 2.45) is 0 Å². The molecular weight excluding hydrogens is 470 g/mol. The first-order valence-corrected chi connectivity index (χ1v) is 11.3. The fourth-order valence-corrected chi connectivity index (χ4v) is 4.35. The molecular formula is C20H18BrN5O3S. The molecule has 8 nitrogen and oxygen atoms in total. The third kappa shape index (κ3) is 4.21. The molecule has 0 saturated carbocycles. The van der Waals surface area contributed by atoms with Crippen molar-refractivity contribution in [3.63, 3.8) is 0 Å². The molecule has 30 heavy (non-hydrogen) atoms. The number of hydrogen-bond donors (Lipinski definition) is 3. The monoisotopic (exact) mass is 487 g/mol. The van der Waals surface area contributed by atoms with Gasteiger partial charge in [-0.3, -0.25) is 0 Å². The van der Waals surface area contributed by atoms with E-state index < -0.39 is 10.0 Å². The molecule has 0 unspecified atom stereocenters. The lowest BCUT2D eigenvalue weighted by atomic mass is 10.1. The molecule has 0 saturated heterocycles. The van der Waals surface area contributed by atoms with Gasteiger partial charge in [-0.05, 0) is 34.1 Å². The number of fused-ring (bicyclic) bond motifs is 1. The van der Waals surface area contributed by atoms with E-state index in [4.69, 9.17) is 5.11 Å². The van der Waals surface area contributed by atoms with Crippen LogP contribution in [-0.4, -0.2) is 41.3 Å². The van der Waals surface area contributed by atoms with Crippen LogP contribution in [0.15, 0.2) is 76.2 Å². The predicted molar refractivity (Wildman–Crippen MR) is 118 cm³/mol. The molecule has 154 valence electrons. The SMILES string of the molecule is O=S(=O)(NCCO)c1cccc(Nc2cc(-c3ccccc3)nc3c(Br)cnn23)c1. The van der Waals surface area contributed by atoms with Gasteiger partial charge < -0.3 is 10.4 Å². The van der Waals surface area contributed by atoms with Gasteiger partial charge in [-0.2, -0.15) is 9.61 Å². The van der Waals surface area contributed by atoms with Crippen LogP contribution in [0.25, 0.3) is 16.9 Å². The highest BCUT2D eigenvalue weighted by molar-refractivity contribution is 9.10. The van der Waals surface area contributed by atoms with Gasteiger partial charge in [0.2, 0.25) is 10.0 Å². The number of aromatic nitrogens is 3. The zero-order valence-electron chi connectivity index (χ0n) is 15.7. The Kier molecular flexibility index (Phi) is 5.82. The molecule has 0 atom stereocenters. The summed E-state index contributed by atoms with van der Waals surface area (Å²) < 4.78 is 29.5. The van der Waals surface area contributed by atoms with Gasteiger partial charge in [0.05, 0.1) is 27.9 Å². The summed E-state index contributed by atoms with van der Waals surface area (Å²) in [7, 11) is -3.72. The molecule has 4 rings (SSSR count). The Labute approximate surface area is 181 Å². The summed E-state index contributed by atoms with van der Waals surface area (Å²) in [5, 5.41) is 16.5. The van der Waals surface area contributed by atoms with Gasteiger partial charge in [-0.15, -0.1) is 0 Å². The lowest BCUT2D eigenvalue weighted by Gasteiger charge is -2.12. The number of anilines is 2. The van der Waals surface area contributed by atoms with Gasteiger partial charge in [0.15, 0.2) is 5.65 Å². The van der Waals surface area contributed by atoms with Gasteiger partial charge in [-0.25, -0.2) is 18.1 Å². The summed E-state index contributed by atoms with van der Waals surface area (Å²) in [6.07, 6.45) is 1.65. The molecule has 0 aliphatic carbocycles. The third-order valence-electron chi connectivity index (χ3n) is 4.32. The summed E-state index contributed by atoms with van der Waals surface area (Å²) in [4.78, 5) is 4.78. The molecule has 0 fully saturated rings. The maximum absolute atomic E-state index is 12.4. The van der Waals surface area contributed by atoms with Gasteiger partial charge in [-0.1, -0.05) is 36.4 Å². The van der Waals surface area contributed by atoms with Crippen LogP contribution < -0.4 is 10.0 Å². The number of aliphatic hydroxyl groups is 1. The molecule has 0 bridgehead atoms. The highest BCUT2D eigenvalue weighted by Gasteiger charge is 2.15. The fourth-order valence-electron chi connectivity index (χ4n) is 2.93. The number of aliphatic hydroxyl groups excluding tert-OH is 1. The second-order valence-corrected chi connectivity index (χ2v) is 9.02. The lowest BCUT2D eigenvalue weighted by Crippen LogP contribution is -2.26. The van der Waals surface area contributed by atoms with E-state index in [1.807, 2.05) is 36.4 Å². The summed E-state index contributed by atoms with van der Waals surface area (Å²) in [6, 6.07) is 18.0. The molecule has 0 radical (unpaired) electrons. The normalized spacial score (nSPS) is 11.7.